The Balaban J connectivity index is 1.98. The highest BCUT2D eigenvalue weighted by Crippen LogP contribution is 2.27. The zero-order valence-electron chi connectivity index (χ0n) is 18.8. The summed E-state index contributed by atoms with van der Waals surface area (Å²) < 4.78 is 42.8. The maximum absolute atomic E-state index is 12.5. The fourth-order valence-electron chi connectivity index (χ4n) is 3.62. The summed E-state index contributed by atoms with van der Waals surface area (Å²) in [6.45, 7) is 11.7. The van der Waals surface area contributed by atoms with Crippen molar-refractivity contribution in [1.29, 1.82) is 0 Å². The number of rotatable bonds is 5. The second-order valence-electron chi connectivity index (χ2n) is 8.79. The molecule has 2 atom stereocenters. The van der Waals surface area contributed by atoms with E-state index in [1.165, 1.54) is 6.92 Å². The number of nitrogens with one attached hydrogen (secondary N) is 1. The summed E-state index contributed by atoms with van der Waals surface area (Å²) in [5, 5.41) is 1.97. The maximum Gasteiger partial charge on any atom is 0.471 e. The lowest BCUT2D eigenvalue weighted by Gasteiger charge is -2.39. The fraction of sp³-hybridized carbons (Fsp3) is 0.636. The van der Waals surface area contributed by atoms with Crippen LogP contribution in [0.1, 0.15) is 64.3 Å². The van der Waals surface area contributed by atoms with Gasteiger partial charge < -0.3 is 15.0 Å². The Kier molecular flexibility index (Phi) is 7.97. The number of benzene rings is 1. The molecule has 1 aromatic carbocycles. The van der Waals surface area contributed by atoms with Gasteiger partial charge in [-0.15, -0.1) is 0 Å². The first-order chi connectivity index (χ1) is 14.3. The largest absolute Gasteiger partial charge is 0.471 e. The van der Waals surface area contributed by atoms with E-state index in [-0.39, 0.29) is 12.1 Å². The molecule has 6 nitrogen and oxygen atoms in total. The number of piperazine rings is 1. The van der Waals surface area contributed by atoms with Crippen LogP contribution in [0.3, 0.4) is 0 Å². The van der Waals surface area contributed by atoms with Crippen LogP contribution < -0.4 is 5.32 Å². The third-order valence-corrected chi connectivity index (χ3v) is 5.22. The van der Waals surface area contributed by atoms with Crippen molar-refractivity contribution in [2.45, 2.75) is 64.9 Å². The van der Waals surface area contributed by atoms with Crippen LogP contribution in [-0.2, 0) is 9.53 Å². The van der Waals surface area contributed by atoms with Crippen LogP contribution in [0.2, 0.25) is 0 Å². The minimum absolute atomic E-state index is 0.134. The van der Waals surface area contributed by atoms with E-state index in [0.717, 1.165) is 12.0 Å². The SMILES string of the molecule is CCC(c1ccc([C@H](C)NC(=O)C(F)(F)F)cc1)N1CCN(C(=O)OC(C)(C)C)CC1. The Morgan fingerprint density at radius 3 is 2.00 bits per heavy atom. The average molecular weight is 444 g/mol. The van der Waals surface area contributed by atoms with E-state index in [1.54, 1.807) is 17.0 Å². The van der Waals surface area contributed by atoms with Crippen molar-refractivity contribution in [3.63, 3.8) is 0 Å². The highest BCUT2D eigenvalue weighted by Gasteiger charge is 2.39. The Bertz CT molecular complexity index is 752. The van der Waals surface area contributed by atoms with Gasteiger partial charge in [0.1, 0.15) is 5.60 Å². The first-order valence-electron chi connectivity index (χ1n) is 10.5. The summed E-state index contributed by atoms with van der Waals surface area (Å²) in [6.07, 6.45) is -4.35. The topological polar surface area (TPSA) is 61.9 Å². The summed E-state index contributed by atoms with van der Waals surface area (Å²) in [5.74, 6) is -1.95. The molecule has 1 saturated heterocycles. The second-order valence-corrected chi connectivity index (χ2v) is 8.79. The van der Waals surface area contributed by atoms with Gasteiger partial charge in [-0.3, -0.25) is 9.69 Å². The van der Waals surface area contributed by atoms with Crippen molar-refractivity contribution in [2.24, 2.45) is 0 Å². The van der Waals surface area contributed by atoms with E-state index in [1.807, 2.05) is 38.2 Å². The minimum Gasteiger partial charge on any atom is -0.444 e. The predicted octanol–water partition coefficient (Wildman–Crippen LogP) is 4.43. The van der Waals surface area contributed by atoms with Gasteiger partial charge in [-0.05, 0) is 45.2 Å². The molecule has 0 spiro atoms. The van der Waals surface area contributed by atoms with Gasteiger partial charge in [-0.1, -0.05) is 31.2 Å². The van der Waals surface area contributed by atoms with Crippen molar-refractivity contribution in [2.75, 3.05) is 26.2 Å². The summed E-state index contributed by atoms with van der Waals surface area (Å²) in [5.41, 5.74) is 1.12. The summed E-state index contributed by atoms with van der Waals surface area (Å²) in [7, 11) is 0. The zero-order chi connectivity index (χ0) is 23.4. The quantitative estimate of drug-likeness (QED) is 0.731. The average Bonchev–Trinajstić information content (AvgIpc) is 2.67. The van der Waals surface area contributed by atoms with Crippen molar-refractivity contribution in [3.8, 4) is 0 Å². The van der Waals surface area contributed by atoms with E-state index in [2.05, 4.69) is 11.8 Å². The zero-order valence-corrected chi connectivity index (χ0v) is 18.8. The minimum atomic E-state index is -4.90. The number of alkyl halides is 3. The van der Waals surface area contributed by atoms with Gasteiger partial charge in [0.25, 0.3) is 0 Å². The molecule has 1 unspecified atom stereocenters. The maximum atomic E-state index is 12.5. The number of halogens is 3. The highest BCUT2D eigenvalue weighted by molar-refractivity contribution is 5.82. The van der Waals surface area contributed by atoms with E-state index < -0.39 is 23.7 Å². The van der Waals surface area contributed by atoms with Gasteiger partial charge in [-0.2, -0.15) is 13.2 Å². The lowest BCUT2D eigenvalue weighted by Crippen LogP contribution is -2.50. The van der Waals surface area contributed by atoms with E-state index in [4.69, 9.17) is 4.74 Å². The molecule has 0 aliphatic carbocycles. The Hall–Kier alpha value is -2.29. The molecule has 1 aliphatic rings. The van der Waals surface area contributed by atoms with Crippen LogP contribution in [-0.4, -0.2) is 59.8 Å². The van der Waals surface area contributed by atoms with Crippen LogP contribution in [0.5, 0.6) is 0 Å². The van der Waals surface area contributed by atoms with Crippen molar-refractivity contribution in [1.82, 2.24) is 15.1 Å². The third-order valence-electron chi connectivity index (χ3n) is 5.22. The molecule has 2 rings (SSSR count). The number of hydrogen-bond acceptors (Lipinski definition) is 4. The van der Waals surface area contributed by atoms with Crippen molar-refractivity contribution >= 4 is 12.0 Å². The third kappa shape index (κ3) is 7.12. The van der Waals surface area contributed by atoms with Gasteiger partial charge >= 0.3 is 18.2 Å². The Morgan fingerprint density at radius 1 is 1.03 bits per heavy atom. The molecule has 0 aromatic heterocycles. The predicted molar refractivity (Wildman–Crippen MR) is 111 cm³/mol. The molecule has 1 N–H and O–H groups in total. The van der Waals surface area contributed by atoms with Crippen LogP contribution in [0.4, 0.5) is 18.0 Å². The molecular formula is C22H32F3N3O3. The number of carbonyl (C=O) groups is 2. The molecule has 1 fully saturated rings. The van der Waals surface area contributed by atoms with Crippen molar-refractivity contribution < 1.29 is 27.5 Å². The molecule has 31 heavy (non-hydrogen) atoms. The van der Waals surface area contributed by atoms with Gasteiger partial charge in [0.05, 0.1) is 6.04 Å². The van der Waals surface area contributed by atoms with Gasteiger partial charge in [0.15, 0.2) is 0 Å². The smallest absolute Gasteiger partial charge is 0.444 e. The van der Waals surface area contributed by atoms with Crippen LogP contribution in [0.25, 0.3) is 0 Å². The Labute approximate surface area is 181 Å². The molecule has 174 valence electrons. The molecular weight excluding hydrogens is 411 g/mol. The molecule has 1 aromatic rings. The Morgan fingerprint density at radius 2 is 1.55 bits per heavy atom. The highest BCUT2D eigenvalue weighted by atomic mass is 19.4. The number of hydrogen-bond donors (Lipinski definition) is 1. The second kappa shape index (κ2) is 9.89. The molecule has 9 heteroatoms. The molecule has 0 radical (unpaired) electrons. The first kappa shape index (κ1) is 25.0. The van der Waals surface area contributed by atoms with Crippen LogP contribution >= 0.6 is 0 Å². The number of amides is 2. The fourth-order valence-corrected chi connectivity index (χ4v) is 3.62. The standard InChI is InChI=1S/C22H32F3N3O3/c1-6-18(27-11-13-28(14-12-27)20(30)31-21(3,4)5)17-9-7-16(8-10-17)15(2)26-19(29)22(23,24)25/h7-10,15,18H,6,11-14H2,1-5H3,(H,26,29)/t15-,18?/m0/s1. The van der Waals surface area contributed by atoms with Crippen LogP contribution in [0, 0.1) is 0 Å². The number of nitrogens with zero attached hydrogens (tertiary/aromatic N) is 2. The lowest BCUT2D eigenvalue weighted by atomic mass is 9.98. The van der Waals surface area contributed by atoms with Crippen LogP contribution in [0.15, 0.2) is 24.3 Å². The van der Waals surface area contributed by atoms with E-state index in [0.29, 0.717) is 31.7 Å². The molecule has 2 amide bonds. The van der Waals surface area contributed by atoms with Gasteiger partial charge in [-0.25, -0.2) is 4.79 Å². The van der Waals surface area contributed by atoms with Gasteiger partial charge in [0, 0.05) is 32.2 Å². The normalized spacial score (nSPS) is 17.7. The van der Waals surface area contributed by atoms with E-state index >= 15 is 0 Å². The summed E-state index contributed by atoms with van der Waals surface area (Å²) in [4.78, 5) is 27.4. The molecule has 0 saturated carbocycles. The number of ether oxygens (including phenoxy) is 1. The lowest BCUT2D eigenvalue weighted by molar-refractivity contribution is -0.174. The molecule has 0 bridgehead atoms. The molecule has 1 heterocycles. The molecule has 1 aliphatic heterocycles. The van der Waals surface area contributed by atoms with E-state index in [9.17, 15) is 22.8 Å². The van der Waals surface area contributed by atoms with Gasteiger partial charge in [0.2, 0.25) is 0 Å². The van der Waals surface area contributed by atoms with Crippen molar-refractivity contribution in [3.05, 3.63) is 35.4 Å². The summed E-state index contributed by atoms with van der Waals surface area (Å²) >= 11 is 0. The summed E-state index contributed by atoms with van der Waals surface area (Å²) in [6, 6.07) is 6.66. The monoisotopic (exact) mass is 443 g/mol. The first-order valence-corrected chi connectivity index (χ1v) is 10.5. The number of carbonyl (C=O) groups excluding carboxylic acids is 2.